The fraction of sp³-hybridized carbons (Fsp3) is 0.0588. The summed E-state index contributed by atoms with van der Waals surface area (Å²) >= 11 is 0. The number of aromatic carboxylic acids is 1. The molecule has 25 heavy (non-hydrogen) atoms. The number of hydrogen-bond acceptors (Lipinski definition) is 4. The number of sulfone groups is 1. The zero-order chi connectivity index (χ0) is 18.2. The van der Waals surface area contributed by atoms with E-state index in [0.717, 1.165) is 6.26 Å². The van der Waals surface area contributed by atoms with E-state index < -0.39 is 21.6 Å². The van der Waals surface area contributed by atoms with Crippen LogP contribution in [-0.2, 0) is 9.84 Å². The third-order valence-electron chi connectivity index (χ3n) is 3.56. The lowest BCUT2D eigenvalue weighted by Gasteiger charge is -2.08. The molecule has 8 heteroatoms. The van der Waals surface area contributed by atoms with Crippen LogP contribution in [0.1, 0.15) is 10.5 Å². The van der Waals surface area contributed by atoms with Crippen LogP contribution in [0.2, 0.25) is 0 Å². The minimum absolute atomic E-state index is 0.145. The molecule has 1 N–H and O–H groups in total. The van der Waals surface area contributed by atoms with Crippen molar-refractivity contribution in [2.45, 2.75) is 4.90 Å². The molecule has 0 saturated carbocycles. The summed E-state index contributed by atoms with van der Waals surface area (Å²) < 4.78 is 37.9. The van der Waals surface area contributed by atoms with Crippen molar-refractivity contribution in [3.8, 4) is 16.9 Å². The molecule has 0 bridgehead atoms. The van der Waals surface area contributed by atoms with E-state index in [4.69, 9.17) is 0 Å². The van der Waals surface area contributed by atoms with Gasteiger partial charge in [-0.05, 0) is 36.4 Å². The second-order valence-corrected chi connectivity index (χ2v) is 7.42. The van der Waals surface area contributed by atoms with Crippen LogP contribution < -0.4 is 0 Å². The average molecular weight is 360 g/mol. The van der Waals surface area contributed by atoms with Crippen LogP contribution in [0.25, 0.3) is 16.9 Å². The van der Waals surface area contributed by atoms with E-state index in [1.807, 2.05) is 0 Å². The van der Waals surface area contributed by atoms with Gasteiger partial charge in [0.25, 0.3) is 0 Å². The van der Waals surface area contributed by atoms with Crippen molar-refractivity contribution in [1.29, 1.82) is 0 Å². The van der Waals surface area contributed by atoms with E-state index in [1.54, 1.807) is 18.2 Å². The Morgan fingerprint density at radius 3 is 2.36 bits per heavy atom. The van der Waals surface area contributed by atoms with Crippen molar-refractivity contribution in [3.05, 3.63) is 66.1 Å². The van der Waals surface area contributed by atoms with E-state index in [2.05, 4.69) is 5.10 Å². The van der Waals surface area contributed by atoms with Gasteiger partial charge in [0.2, 0.25) is 0 Å². The first-order chi connectivity index (χ1) is 11.8. The molecule has 0 fully saturated rings. The highest BCUT2D eigenvalue weighted by molar-refractivity contribution is 7.90. The third kappa shape index (κ3) is 3.43. The second kappa shape index (κ2) is 6.14. The lowest BCUT2D eigenvalue weighted by Crippen LogP contribution is -2.03. The van der Waals surface area contributed by atoms with Gasteiger partial charge < -0.3 is 5.11 Å². The van der Waals surface area contributed by atoms with E-state index in [0.29, 0.717) is 16.9 Å². The number of hydrogen-bond donors (Lipinski definition) is 1. The number of benzene rings is 2. The molecule has 0 aliphatic rings. The van der Waals surface area contributed by atoms with Gasteiger partial charge >= 0.3 is 5.97 Å². The highest BCUT2D eigenvalue weighted by atomic mass is 32.2. The number of carboxylic acid groups (broad SMARTS) is 1. The summed E-state index contributed by atoms with van der Waals surface area (Å²) in [6.07, 6.45) is 1.10. The van der Waals surface area contributed by atoms with Crippen molar-refractivity contribution in [2.75, 3.05) is 6.26 Å². The Kier molecular flexibility index (Phi) is 4.13. The number of carboxylic acids is 1. The maximum atomic E-state index is 13.5. The monoisotopic (exact) mass is 360 g/mol. The Bertz CT molecular complexity index is 1060. The molecule has 1 aromatic heterocycles. The maximum absolute atomic E-state index is 13.5. The first-order valence-electron chi connectivity index (χ1n) is 7.15. The Morgan fingerprint density at radius 2 is 1.80 bits per heavy atom. The van der Waals surface area contributed by atoms with Crippen LogP contribution in [0.4, 0.5) is 4.39 Å². The van der Waals surface area contributed by atoms with Crippen molar-refractivity contribution in [2.24, 2.45) is 0 Å². The molecule has 3 rings (SSSR count). The van der Waals surface area contributed by atoms with E-state index >= 15 is 0 Å². The Morgan fingerprint density at radius 1 is 1.12 bits per heavy atom. The van der Waals surface area contributed by atoms with E-state index in [1.165, 1.54) is 41.1 Å². The zero-order valence-corrected chi connectivity index (χ0v) is 13.9. The highest BCUT2D eigenvalue weighted by Crippen LogP contribution is 2.26. The van der Waals surface area contributed by atoms with E-state index in [-0.39, 0.29) is 10.6 Å². The molecule has 0 saturated heterocycles. The lowest BCUT2D eigenvalue weighted by atomic mass is 10.1. The summed E-state index contributed by atoms with van der Waals surface area (Å²) in [6.45, 7) is 0. The van der Waals surface area contributed by atoms with Crippen LogP contribution in [0.15, 0.2) is 59.5 Å². The topological polar surface area (TPSA) is 89.3 Å². The maximum Gasteiger partial charge on any atom is 0.356 e. The minimum atomic E-state index is -3.34. The summed E-state index contributed by atoms with van der Waals surface area (Å²) in [5.41, 5.74) is 1.11. The zero-order valence-electron chi connectivity index (χ0n) is 13.0. The largest absolute Gasteiger partial charge is 0.476 e. The molecule has 0 unspecified atom stereocenters. The second-order valence-electron chi connectivity index (χ2n) is 5.41. The van der Waals surface area contributed by atoms with Gasteiger partial charge in [-0.3, -0.25) is 0 Å². The Hall–Kier alpha value is -3.00. The molecule has 0 amide bonds. The number of carbonyl (C=O) groups is 1. The van der Waals surface area contributed by atoms with Crippen LogP contribution in [0.3, 0.4) is 0 Å². The van der Waals surface area contributed by atoms with Crippen molar-refractivity contribution in [1.82, 2.24) is 9.78 Å². The number of nitrogens with zero attached hydrogens (tertiary/aromatic N) is 2. The minimum Gasteiger partial charge on any atom is -0.476 e. The van der Waals surface area contributed by atoms with Crippen molar-refractivity contribution >= 4 is 15.8 Å². The van der Waals surface area contributed by atoms with Crippen molar-refractivity contribution < 1.29 is 22.7 Å². The molecule has 1 heterocycles. The predicted molar refractivity (Wildman–Crippen MR) is 89.0 cm³/mol. The smallest absolute Gasteiger partial charge is 0.356 e. The molecule has 6 nitrogen and oxygen atoms in total. The molecule has 0 spiro atoms. The molecular formula is C17H13FN2O4S. The fourth-order valence-electron chi connectivity index (χ4n) is 2.37. The molecule has 128 valence electrons. The van der Waals surface area contributed by atoms with Gasteiger partial charge in [0.15, 0.2) is 15.5 Å². The number of halogens is 1. The fourth-order valence-corrected chi connectivity index (χ4v) is 3.00. The Labute approximate surface area is 143 Å². The molecule has 0 aliphatic heterocycles. The highest BCUT2D eigenvalue weighted by Gasteiger charge is 2.17. The molecule has 3 aromatic rings. The normalized spacial score (nSPS) is 11.4. The lowest BCUT2D eigenvalue weighted by molar-refractivity contribution is 0.0690. The van der Waals surface area contributed by atoms with Crippen LogP contribution >= 0.6 is 0 Å². The van der Waals surface area contributed by atoms with Gasteiger partial charge in [-0.2, -0.15) is 5.10 Å². The summed E-state index contributed by atoms with van der Waals surface area (Å²) in [4.78, 5) is 11.4. The number of rotatable bonds is 4. The molecule has 0 atom stereocenters. The number of aromatic nitrogens is 2. The van der Waals surface area contributed by atoms with Crippen LogP contribution in [0.5, 0.6) is 0 Å². The summed E-state index contributed by atoms with van der Waals surface area (Å²) in [6, 6.07) is 12.9. The summed E-state index contributed by atoms with van der Waals surface area (Å²) in [5, 5.41) is 13.2. The van der Waals surface area contributed by atoms with Crippen molar-refractivity contribution in [3.63, 3.8) is 0 Å². The predicted octanol–water partition coefficient (Wildman–Crippen LogP) is 2.78. The van der Waals surface area contributed by atoms with Gasteiger partial charge in [0.1, 0.15) is 5.82 Å². The van der Waals surface area contributed by atoms with Gasteiger partial charge in [-0.15, -0.1) is 0 Å². The third-order valence-corrected chi connectivity index (χ3v) is 4.69. The first kappa shape index (κ1) is 16.8. The first-order valence-corrected chi connectivity index (χ1v) is 9.04. The molecule has 0 radical (unpaired) electrons. The molecular weight excluding hydrogens is 347 g/mol. The average Bonchev–Trinajstić information content (AvgIpc) is 3.00. The van der Waals surface area contributed by atoms with Gasteiger partial charge in [-0.1, -0.05) is 18.2 Å². The summed E-state index contributed by atoms with van der Waals surface area (Å²) in [5.74, 6) is -1.70. The summed E-state index contributed by atoms with van der Waals surface area (Å²) in [7, 11) is -3.34. The van der Waals surface area contributed by atoms with Gasteiger partial charge in [0, 0.05) is 11.8 Å². The molecule has 0 aliphatic carbocycles. The quantitative estimate of drug-likeness (QED) is 0.773. The van der Waals surface area contributed by atoms with Gasteiger partial charge in [0.05, 0.1) is 16.3 Å². The Balaban J connectivity index is 2.16. The van der Waals surface area contributed by atoms with Gasteiger partial charge in [-0.25, -0.2) is 22.3 Å². The standard InChI is InChI=1S/C17H13FN2O4S/c1-25(23,24)14-7-5-11(6-8-14)16-10-15(17(21)22)19-20(16)13-4-2-3-12(18)9-13/h2-10H,1H3,(H,21,22). The van der Waals surface area contributed by atoms with E-state index in [9.17, 15) is 22.7 Å². The molecule has 2 aromatic carbocycles. The van der Waals surface area contributed by atoms with Crippen LogP contribution in [0, 0.1) is 5.82 Å². The van der Waals surface area contributed by atoms with Crippen LogP contribution in [-0.4, -0.2) is 35.5 Å². The SMILES string of the molecule is CS(=O)(=O)c1ccc(-c2cc(C(=O)O)nn2-c2cccc(F)c2)cc1.